The summed E-state index contributed by atoms with van der Waals surface area (Å²) in [5.41, 5.74) is 0.727. The van der Waals surface area contributed by atoms with E-state index < -0.39 is 12.5 Å². The van der Waals surface area contributed by atoms with Crippen LogP contribution in [0, 0.1) is 10.1 Å². The van der Waals surface area contributed by atoms with Gasteiger partial charge in [-0.2, -0.15) is 0 Å². The van der Waals surface area contributed by atoms with E-state index in [1.54, 1.807) is 38.1 Å². The molecule has 1 rings (SSSR count). The van der Waals surface area contributed by atoms with Crippen molar-refractivity contribution >= 4 is 13.7 Å². The highest BCUT2D eigenvalue weighted by atomic mass is 31.2. The van der Waals surface area contributed by atoms with Gasteiger partial charge < -0.3 is 13.8 Å². The molecular weight excluding hydrogens is 309 g/mol. The lowest BCUT2D eigenvalue weighted by Gasteiger charge is -2.17. The summed E-state index contributed by atoms with van der Waals surface area (Å²) in [7, 11) is -3.26. The van der Waals surface area contributed by atoms with Gasteiger partial charge in [-0.25, -0.2) is 0 Å². The largest absolute Gasteiger partial charge is 0.481 e. The van der Waals surface area contributed by atoms with Crippen molar-refractivity contribution in [2.24, 2.45) is 0 Å². The molecule has 0 amide bonds. The molecule has 0 N–H and O–H groups in total. The van der Waals surface area contributed by atoms with E-state index in [-0.39, 0.29) is 25.3 Å². The van der Waals surface area contributed by atoms with E-state index in [0.717, 1.165) is 0 Å². The van der Waals surface area contributed by atoms with E-state index in [1.807, 2.05) is 0 Å². The molecule has 0 unspecified atom stereocenters. The van der Waals surface area contributed by atoms with Crippen LogP contribution in [0.25, 0.3) is 6.08 Å². The summed E-state index contributed by atoms with van der Waals surface area (Å²) in [5, 5.41) is 10.6. The molecule has 8 heteroatoms. The number of rotatable bonds is 9. The van der Waals surface area contributed by atoms with E-state index in [2.05, 4.69) is 0 Å². The molecule has 7 nitrogen and oxygen atoms in total. The van der Waals surface area contributed by atoms with E-state index in [0.29, 0.717) is 11.3 Å². The lowest BCUT2D eigenvalue weighted by atomic mass is 10.2. The molecule has 0 aliphatic rings. The minimum atomic E-state index is -3.26. The lowest BCUT2D eigenvalue weighted by Crippen LogP contribution is -2.05. The molecule has 0 saturated carbocycles. The molecule has 0 radical (unpaired) electrons. The highest BCUT2D eigenvalue weighted by Gasteiger charge is 2.24. The molecule has 0 aliphatic carbocycles. The fourth-order valence-corrected chi connectivity index (χ4v) is 2.93. The molecule has 1 aromatic carbocycles. The first-order valence-electron chi connectivity index (χ1n) is 6.84. The van der Waals surface area contributed by atoms with Crippen molar-refractivity contribution in [1.29, 1.82) is 0 Å². The summed E-state index contributed by atoms with van der Waals surface area (Å²) in [6.07, 6.45) is 1.27. The quantitative estimate of drug-likeness (QED) is 0.387. The topological polar surface area (TPSA) is 87.9 Å². The maximum atomic E-state index is 12.2. The predicted molar refractivity (Wildman–Crippen MR) is 83.4 cm³/mol. The molecule has 0 spiro atoms. The van der Waals surface area contributed by atoms with Crippen molar-refractivity contribution in [1.82, 2.24) is 0 Å². The van der Waals surface area contributed by atoms with Gasteiger partial charge in [-0.15, -0.1) is 0 Å². The van der Waals surface area contributed by atoms with Crippen molar-refractivity contribution in [2.75, 3.05) is 19.6 Å². The van der Waals surface area contributed by atoms with E-state index >= 15 is 0 Å². The molecule has 22 heavy (non-hydrogen) atoms. The molecule has 0 heterocycles. The van der Waals surface area contributed by atoms with Gasteiger partial charge in [0.15, 0.2) is 6.35 Å². The first-order chi connectivity index (χ1) is 10.4. The summed E-state index contributed by atoms with van der Waals surface area (Å²) < 4.78 is 27.9. The van der Waals surface area contributed by atoms with Gasteiger partial charge in [0.2, 0.25) is 5.70 Å². The van der Waals surface area contributed by atoms with Gasteiger partial charge >= 0.3 is 7.60 Å². The van der Waals surface area contributed by atoms with Crippen LogP contribution in [-0.4, -0.2) is 24.5 Å². The van der Waals surface area contributed by atoms with Crippen LogP contribution >= 0.6 is 7.60 Å². The minimum absolute atomic E-state index is 0.0471. The van der Waals surface area contributed by atoms with Gasteiger partial charge in [0.05, 0.1) is 18.1 Å². The Kier molecular flexibility index (Phi) is 7.24. The van der Waals surface area contributed by atoms with Crippen LogP contribution in [0.4, 0.5) is 0 Å². The highest BCUT2D eigenvalue weighted by Crippen LogP contribution is 2.47. The average Bonchev–Trinajstić information content (AvgIpc) is 2.47. The molecule has 0 saturated heterocycles. The highest BCUT2D eigenvalue weighted by molar-refractivity contribution is 7.53. The fourth-order valence-electron chi connectivity index (χ4n) is 1.61. The Morgan fingerprint density at radius 1 is 1.23 bits per heavy atom. The smallest absolute Gasteiger partial charge is 0.367 e. The Morgan fingerprint density at radius 2 is 1.77 bits per heavy atom. The summed E-state index contributed by atoms with van der Waals surface area (Å²) >= 11 is 0. The Hall–Kier alpha value is -1.69. The maximum absolute atomic E-state index is 12.2. The second kappa shape index (κ2) is 8.68. The summed E-state index contributed by atoms with van der Waals surface area (Å²) in [6.45, 7) is 5.41. The number of allylic oxidation sites excluding steroid dienone is 1. The van der Waals surface area contributed by atoms with Crippen molar-refractivity contribution in [3.8, 4) is 5.75 Å². The van der Waals surface area contributed by atoms with Crippen LogP contribution in [-0.2, 0) is 13.6 Å². The second-order valence-electron chi connectivity index (χ2n) is 4.33. The summed E-state index contributed by atoms with van der Waals surface area (Å²) in [5.74, 6) is 0.482. The van der Waals surface area contributed by atoms with Gasteiger partial charge in [-0.1, -0.05) is 12.1 Å². The molecule has 1 aromatic rings. The predicted octanol–water partition coefficient (Wildman–Crippen LogP) is 3.93. The Balaban J connectivity index is 2.70. The molecule has 0 aromatic heterocycles. The molecule has 0 atom stereocenters. The average molecular weight is 329 g/mol. The standard InChI is InChI=1S/C14H20NO6P/c1-4-20-22(18,21-5-2)11-19-14-8-6-13(7-9-14)10-12(3)15(16)17/h6-10H,4-5,11H2,1-3H3/b12-10+. The third kappa shape index (κ3) is 5.97. The Bertz CT molecular complexity index is 559. The van der Waals surface area contributed by atoms with Crippen molar-refractivity contribution in [3.05, 3.63) is 45.6 Å². The van der Waals surface area contributed by atoms with Gasteiger partial charge in [0.1, 0.15) is 5.75 Å². The zero-order valence-corrected chi connectivity index (χ0v) is 13.7. The van der Waals surface area contributed by atoms with E-state index in [9.17, 15) is 14.7 Å². The van der Waals surface area contributed by atoms with Gasteiger partial charge in [-0.3, -0.25) is 14.7 Å². The van der Waals surface area contributed by atoms with Gasteiger partial charge in [0, 0.05) is 13.0 Å². The van der Waals surface area contributed by atoms with Crippen LogP contribution in [0.5, 0.6) is 5.75 Å². The third-order valence-corrected chi connectivity index (χ3v) is 4.33. The van der Waals surface area contributed by atoms with Crippen LogP contribution in [0.3, 0.4) is 0 Å². The molecule has 122 valence electrons. The molecule has 0 bridgehead atoms. The first kappa shape index (κ1) is 18.4. The number of nitrogens with zero attached hydrogens (tertiary/aromatic N) is 1. The van der Waals surface area contributed by atoms with E-state index in [1.165, 1.54) is 13.0 Å². The third-order valence-electron chi connectivity index (χ3n) is 2.58. The van der Waals surface area contributed by atoms with Gasteiger partial charge in [-0.05, 0) is 31.5 Å². The number of hydrogen-bond donors (Lipinski definition) is 0. The number of nitro groups is 1. The maximum Gasteiger partial charge on any atom is 0.367 e. The minimum Gasteiger partial charge on any atom is -0.481 e. The van der Waals surface area contributed by atoms with E-state index in [4.69, 9.17) is 13.8 Å². The molecule has 0 aliphatic heterocycles. The molecular formula is C14H20NO6P. The van der Waals surface area contributed by atoms with Crippen LogP contribution in [0.2, 0.25) is 0 Å². The monoisotopic (exact) mass is 329 g/mol. The van der Waals surface area contributed by atoms with Crippen LogP contribution < -0.4 is 4.74 Å². The van der Waals surface area contributed by atoms with Crippen LogP contribution in [0.15, 0.2) is 30.0 Å². The van der Waals surface area contributed by atoms with Crippen molar-refractivity contribution < 1.29 is 23.3 Å². The number of hydrogen-bond acceptors (Lipinski definition) is 6. The normalized spacial score (nSPS) is 12.2. The fraction of sp³-hybridized carbons (Fsp3) is 0.429. The van der Waals surface area contributed by atoms with Crippen molar-refractivity contribution in [3.63, 3.8) is 0 Å². The summed E-state index contributed by atoms with van der Waals surface area (Å²) in [6, 6.07) is 6.63. The Labute approximate surface area is 129 Å². The lowest BCUT2D eigenvalue weighted by molar-refractivity contribution is -0.422. The first-order valence-corrected chi connectivity index (χ1v) is 8.56. The SMILES string of the molecule is CCOP(=O)(COc1ccc(/C=C(\C)[N+](=O)[O-])cc1)OCC. The second-order valence-corrected chi connectivity index (χ2v) is 6.33. The van der Waals surface area contributed by atoms with Gasteiger partial charge in [0.25, 0.3) is 0 Å². The molecule has 0 fully saturated rings. The number of benzene rings is 1. The van der Waals surface area contributed by atoms with Crippen LogP contribution in [0.1, 0.15) is 26.3 Å². The Morgan fingerprint density at radius 3 is 2.23 bits per heavy atom. The zero-order chi connectivity index (χ0) is 16.6. The van der Waals surface area contributed by atoms with Crippen molar-refractivity contribution in [2.45, 2.75) is 20.8 Å². The zero-order valence-electron chi connectivity index (χ0n) is 12.9. The summed E-state index contributed by atoms with van der Waals surface area (Å²) in [4.78, 5) is 10.1. The number of ether oxygens (including phenoxy) is 1.